The van der Waals surface area contributed by atoms with Gasteiger partial charge in [-0.05, 0) is 12.1 Å². The Bertz CT molecular complexity index is 555. The molecule has 0 heterocycles. The van der Waals surface area contributed by atoms with E-state index in [9.17, 15) is 19.7 Å². The number of hydrogen-bond donors (Lipinski definition) is 0. The minimum absolute atomic E-state index is 0.747. The first-order chi connectivity index (χ1) is 8.20. The first kappa shape index (κ1) is 5.64. The highest BCUT2D eigenvalue weighted by molar-refractivity contribution is 6.42. The monoisotopic (exact) mass is 199 g/mol. The molecule has 1 rings (SSSR count). The van der Waals surface area contributed by atoms with Crippen molar-refractivity contribution >= 4 is 17.3 Å². The first-order valence-corrected chi connectivity index (χ1v) is 3.50. The van der Waals surface area contributed by atoms with Crippen LogP contribution in [0, 0.1) is 10.1 Å². The van der Waals surface area contributed by atoms with E-state index in [1.165, 1.54) is 0 Å². The van der Waals surface area contributed by atoms with Crippen molar-refractivity contribution in [2.24, 2.45) is 0 Å². The Morgan fingerprint density at radius 2 is 1.86 bits per heavy atom. The molecule has 0 amide bonds. The van der Waals surface area contributed by atoms with Crippen LogP contribution in [0.1, 0.15) is 22.8 Å². The van der Waals surface area contributed by atoms with E-state index in [2.05, 4.69) is 0 Å². The fourth-order valence-corrected chi connectivity index (χ4v) is 0.687. The summed E-state index contributed by atoms with van der Waals surface area (Å²) in [5, 5.41) is 10.6. The second-order valence-corrected chi connectivity index (χ2v) is 2.37. The van der Waals surface area contributed by atoms with Gasteiger partial charge in [-0.15, -0.1) is 0 Å². The Balaban J connectivity index is 3.74. The van der Waals surface area contributed by atoms with Crippen LogP contribution in [0.5, 0.6) is 0 Å². The molecule has 0 aliphatic rings. The number of nitrogens with zero attached hydrogens (tertiary/aromatic N) is 1. The van der Waals surface area contributed by atoms with Gasteiger partial charge in [0.1, 0.15) is 0 Å². The fourth-order valence-electron chi connectivity index (χ4n) is 0.687. The van der Waals surface area contributed by atoms with Gasteiger partial charge in [-0.25, -0.2) is 0 Å². The lowest BCUT2D eigenvalue weighted by molar-refractivity contribution is -0.384. The third-order valence-corrected chi connectivity index (χ3v) is 1.34. The molecule has 0 bridgehead atoms. The Labute approximate surface area is 85.1 Å². The molecule has 0 atom stereocenters. The van der Waals surface area contributed by atoms with Gasteiger partial charge >= 0.3 is 0 Å². The number of carbonyl (C=O) groups is 2. The van der Waals surface area contributed by atoms with Gasteiger partial charge in [0.2, 0.25) is 5.78 Å². The highest BCUT2D eigenvalue weighted by atomic mass is 16.6. The molecule has 0 unspecified atom stereocenters. The second-order valence-electron chi connectivity index (χ2n) is 2.37. The van der Waals surface area contributed by atoms with Gasteiger partial charge < -0.3 is 0 Å². The summed E-state index contributed by atoms with van der Waals surface area (Å²) in [5.74, 6) is -2.17. The van der Waals surface area contributed by atoms with Crippen molar-refractivity contribution in [3.63, 3.8) is 0 Å². The smallest absolute Gasteiger partial charge is 0.269 e. The molecule has 0 aromatic heterocycles. The number of hydrogen-bond acceptors (Lipinski definition) is 4. The van der Waals surface area contributed by atoms with Crippen molar-refractivity contribution in [2.45, 2.75) is 6.92 Å². The number of rotatable bonds is 3. The predicted octanol–water partition coefficient (Wildman–Crippen LogP) is 1.37. The average molecular weight is 199 g/mol. The quantitative estimate of drug-likeness (QED) is 0.242. The molecule has 0 radical (unpaired) electrons. The van der Waals surface area contributed by atoms with E-state index < -0.39 is 51.9 Å². The average Bonchev–Trinajstić information content (AvgIpc) is 2.26. The minimum Gasteiger partial charge on any atom is -0.291 e. The molecule has 0 saturated carbocycles. The van der Waals surface area contributed by atoms with Crippen LogP contribution >= 0.6 is 0 Å². The number of carbonyl (C=O) groups excluding carboxylic acids is 2. The van der Waals surface area contributed by atoms with Crippen LogP contribution in [-0.2, 0) is 4.79 Å². The maximum atomic E-state index is 11.4. The summed E-state index contributed by atoms with van der Waals surface area (Å²) in [6.45, 7) is 0.913. The van der Waals surface area contributed by atoms with E-state index >= 15 is 0 Å². The van der Waals surface area contributed by atoms with E-state index in [0.29, 0.717) is 0 Å². The molecule has 5 heteroatoms. The lowest BCUT2D eigenvalue weighted by Gasteiger charge is -1.95. The summed E-state index contributed by atoms with van der Waals surface area (Å²) in [4.78, 5) is 31.9. The molecule has 5 nitrogen and oxygen atoms in total. The summed E-state index contributed by atoms with van der Waals surface area (Å²) in [5.41, 5.74) is -1.77. The lowest BCUT2D eigenvalue weighted by Crippen LogP contribution is -2.09. The zero-order chi connectivity index (χ0) is 14.2. The molecule has 0 fully saturated rings. The van der Waals surface area contributed by atoms with Gasteiger partial charge in [0, 0.05) is 24.6 Å². The van der Waals surface area contributed by atoms with Crippen molar-refractivity contribution in [3.8, 4) is 0 Å². The van der Waals surface area contributed by atoms with Crippen LogP contribution < -0.4 is 0 Å². The second kappa shape index (κ2) is 3.78. The van der Waals surface area contributed by atoms with E-state index in [4.69, 9.17) is 5.48 Å². The summed E-state index contributed by atoms with van der Waals surface area (Å²) >= 11 is 0. The fraction of sp³-hybridized carbons (Fsp3) is 0.111. The topological polar surface area (TPSA) is 77.3 Å². The van der Waals surface area contributed by atoms with Crippen LogP contribution in [0.3, 0.4) is 0 Å². The Morgan fingerprint density at radius 1 is 1.36 bits per heavy atom. The van der Waals surface area contributed by atoms with Crippen molar-refractivity contribution < 1.29 is 20.0 Å². The van der Waals surface area contributed by atoms with Gasteiger partial charge in [-0.3, -0.25) is 19.7 Å². The molecule has 0 aliphatic heterocycles. The first-order valence-electron chi connectivity index (χ1n) is 5.50. The van der Waals surface area contributed by atoms with Crippen molar-refractivity contribution in [2.75, 3.05) is 0 Å². The van der Waals surface area contributed by atoms with Gasteiger partial charge in [0.15, 0.2) is 5.78 Å². The van der Waals surface area contributed by atoms with Gasteiger partial charge in [-0.1, -0.05) is 0 Å². The molecule has 0 aliphatic carbocycles. The van der Waals surface area contributed by atoms with Gasteiger partial charge in [0.25, 0.3) is 5.69 Å². The molecule has 1 aromatic rings. The minimum atomic E-state index is -1.21. The van der Waals surface area contributed by atoms with E-state index in [-0.39, 0.29) is 0 Å². The predicted molar refractivity (Wildman–Crippen MR) is 48.1 cm³/mol. The van der Waals surface area contributed by atoms with Crippen LogP contribution in [0.15, 0.2) is 24.2 Å². The molecule has 0 spiro atoms. The molecule has 0 saturated heterocycles. The van der Waals surface area contributed by atoms with E-state index in [1.807, 2.05) is 0 Å². The SMILES string of the molecule is [2H]c1c([2H])c([N+](=O)[O-])c([2H])c([2H])c1[13C](=O)[13C](C)=O. The molecule has 1 aromatic carbocycles. The van der Waals surface area contributed by atoms with Gasteiger partial charge in [0.05, 0.1) is 10.4 Å². The van der Waals surface area contributed by atoms with Crippen LogP contribution in [0.4, 0.5) is 5.69 Å². The largest absolute Gasteiger partial charge is 0.291 e. The Kier molecular flexibility index (Phi) is 1.52. The van der Waals surface area contributed by atoms with Crippen molar-refractivity contribution in [1.29, 1.82) is 0 Å². The highest BCUT2D eigenvalue weighted by Gasteiger charge is 2.12. The van der Waals surface area contributed by atoms with E-state index in [1.54, 1.807) is 0 Å². The molecular weight excluding hydrogens is 188 g/mol. The highest BCUT2D eigenvalue weighted by Crippen LogP contribution is 2.12. The van der Waals surface area contributed by atoms with Crippen molar-refractivity contribution in [1.82, 2.24) is 0 Å². The molecule has 0 N–H and O–H groups in total. The van der Waals surface area contributed by atoms with Crippen molar-refractivity contribution in [3.05, 3.63) is 39.8 Å². The van der Waals surface area contributed by atoms with E-state index in [0.717, 1.165) is 6.92 Å². The van der Waals surface area contributed by atoms with Crippen LogP contribution in [0.25, 0.3) is 0 Å². The molecule has 72 valence electrons. The maximum absolute atomic E-state index is 11.4. The number of nitro benzene ring substituents is 1. The van der Waals surface area contributed by atoms with Crippen LogP contribution in [0.2, 0.25) is 0 Å². The molecule has 14 heavy (non-hydrogen) atoms. The summed E-state index contributed by atoms with van der Waals surface area (Å²) < 4.78 is 29.5. The van der Waals surface area contributed by atoms with Crippen LogP contribution in [-0.4, -0.2) is 16.5 Å². The zero-order valence-electron chi connectivity index (χ0n) is 11.1. The molecular formula is C9H7NO4. The lowest BCUT2D eigenvalue weighted by atomic mass is 10.2. The standard InChI is InChI=1S/C9H7NO4/c1-6(11)9(12)7-2-4-8(5-3-7)10(13)14/h2-5H,1H3/i2D,3D,4D,5D,6+1,9+1. The Morgan fingerprint density at radius 3 is 2.21 bits per heavy atom. The number of benzene rings is 1. The maximum Gasteiger partial charge on any atom is 0.269 e. The number of ketones is 2. The van der Waals surface area contributed by atoms with Gasteiger partial charge in [-0.2, -0.15) is 0 Å². The summed E-state index contributed by atoms with van der Waals surface area (Å²) in [6.07, 6.45) is 0. The third-order valence-electron chi connectivity index (χ3n) is 1.34. The zero-order valence-corrected chi connectivity index (χ0v) is 7.08. The third kappa shape index (κ3) is 2.01. The summed E-state index contributed by atoms with van der Waals surface area (Å²) in [6, 6.07) is -3.68. The number of Topliss-reactive ketones (excluding diaryl/α,β-unsaturated/α-hetero) is 2. The summed E-state index contributed by atoms with van der Waals surface area (Å²) in [7, 11) is 0. The normalized spacial score (nSPS) is 13.5. The Hall–Kier alpha value is -2.04. The number of nitro groups is 1.